The summed E-state index contributed by atoms with van der Waals surface area (Å²) in [5, 5.41) is 6.08. The van der Waals surface area contributed by atoms with Gasteiger partial charge in [0.1, 0.15) is 23.6 Å². The summed E-state index contributed by atoms with van der Waals surface area (Å²) >= 11 is 0. The Hall–Kier alpha value is -3.95. The zero-order valence-electron chi connectivity index (χ0n) is 23.4. The van der Waals surface area contributed by atoms with Gasteiger partial charge < -0.3 is 34.8 Å². The van der Waals surface area contributed by atoms with E-state index in [1.54, 1.807) is 42.2 Å². The number of nitrogens with one attached hydrogen (secondary N) is 2. The molecule has 10 heteroatoms. The van der Waals surface area contributed by atoms with Gasteiger partial charge in [0.25, 0.3) is 5.91 Å². The number of anilines is 2. The fraction of sp³-hybridized carbons (Fsp3) is 0.500. The predicted octanol–water partition coefficient (Wildman–Crippen LogP) is 3.83. The van der Waals surface area contributed by atoms with Gasteiger partial charge in [-0.05, 0) is 37.8 Å². The Morgan fingerprint density at radius 3 is 2.23 bits per heavy atom. The topological polar surface area (TPSA) is 103 Å². The Bertz CT molecular complexity index is 1190. The number of piperidine rings is 1. The number of benzene rings is 2. The van der Waals surface area contributed by atoms with E-state index in [-0.39, 0.29) is 30.4 Å². The molecule has 2 heterocycles. The molecular formula is C30H39N5O5. The van der Waals surface area contributed by atoms with Gasteiger partial charge in [0.15, 0.2) is 0 Å². The highest BCUT2D eigenvalue weighted by molar-refractivity contribution is 5.97. The lowest BCUT2D eigenvalue weighted by Gasteiger charge is -2.43. The van der Waals surface area contributed by atoms with Gasteiger partial charge in [-0.1, -0.05) is 37.5 Å². The number of ether oxygens (including phenoxy) is 2. The molecule has 4 amide bonds. The fourth-order valence-corrected chi connectivity index (χ4v) is 6.18. The summed E-state index contributed by atoms with van der Waals surface area (Å²) in [6.07, 6.45) is 6.42. The summed E-state index contributed by atoms with van der Waals surface area (Å²) in [7, 11) is 3.12. The number of carbonyl (C=O) groups is 3. The van der Waals surface area contributed by atoms with Crippen molar-refractivity contribution in [2.24, 2.45) is 0 Å². The van der Waals surface area contributed by atoms with Crippen molar-refractivity contribution < 1.29 is 23.9 Å². The highest BCUT2D eigenvalue weighted by atomic mass is 16.5. The van der Waals surface area contributed by atoms with Crippen LogP contribution in [0, 0.1) is 0 Å². The number of likely N-dealkylation sites (tertiary alicyclic amines) is 1. The molecule has 2 aromatic rings. The van der Waals surface area contributed by atoms with Crippen LogP contribution in [0.4, 0.5) is 16.2 Å². The first kappa shape index (κ1) is 27.6. The molecule has 0 bridgehead atoms. The molecule has 0 unspecified atom stereocenters. The van der Waals surface area contributed by atoms with Crippen LogP contribution in [-0.4, -0.2) is 79.7 Å². The molecule has 0 radical (unpaired) electrons. The molecule has 0 atom stereocenters. The molecule has 1 saturated carbocycles. The number of rotatable bonds is 7. The second-order valence-electron chi connectivity index (χ2n) is 10.9. The zero-order valence-corrected chi connectivity index (χ0v) is 23.4. The monoisotopic (exact) mass is 549 g/mol. The normalized spacial score (nSPS) is 19.1. The molecule has 3 aliphatic rings. The van der Waals surface area contributed by atoms with E-state index < -0.39 is 5.54 Å². The second kappa shape index (κ2) is 12.1. The fourth-order valence-electron chi connectivity index (χ4n) is 6.18. The lowest BCUT2D eigenvalue weighted by Crippen LogP contribution is -2.58. The Balaban J connectivity index is 1.28. The first-order chi connectivity index (χ1) is 19.4. The number of amides is 4. The molecule has 1 aliphatic carbocycles. The lowest BCUT2D eigenvalue weighted by atomic mass is 9.85. The minimum atomic E-state index is -0.803. The number of urea groups is 1. The van der Waals surface area contributed by atoms with E-state index in [1.165, 1.54) is 6.42 Å². The molecule has 40 heavy (non-hydrogen) atoms. The van der Waals surface area contributed by atoms with Crippen LogP contribution in [-0.2, 0) is 9.59 Å². The highest BCUT2D eigenvalue weighted by Crippen LogP contribution is 2.39. The van der Waals surface area contributed by atoms with Gasteiger partial charge in [0.2, 0.25) is 5.91 Å². The Kier molecular flexibility index (Phi) is 8.32. The van der Waals surface area contributed by atoms with Gasteiger partial charge in [-0.25, -0.2) is 4.79 Å². The third-order valence-electron chi connectivity index (χ3n) is 8.37. The number of para-hydroxylation sites is 1. The summed E-state index contributed by atoms with van der Waals surface area (Å²) in [5.41, 5.74) is 0.703. The van der Waals surface area contributed by atoms with Crippen LogP contribution in [0.5, 0.6) is 11.5 Å². The number of carbonyl (C=O) groups excluding carboxylic acids is 3. The van der Waals surface area contributed by atoms with Crippen molar-refractivity contribution in [3.05, 3.63) is 48.5 Å². The van der Waals surface area contributed by atoms with Crippen LogP contribution >= 0.6 is 0 Å². The van der Waals surface area contributed by atoms with Crippen molar-refractivity contribution >= 4 is 29.2 Å². The molecule has 2 N–H and O–H groups in total. The highest BCUT2D eigenvalue weighted by Gasteiger charge is 2.54. The van der Waals surface area contributed by atoms with Crippen LogP contribution in [0.25, 0.3) is 0 Å². The molecule has 0 aromatic heterocycles. The summed E-state index contributed by atoms with van der Waals surface area (Å²) < 4.78 is 10.6. The largest absolute Gasteiger partial charge is 0.497 e. The van der Waals surface area contributed by atoms with E-state index in [2.05, 4.69) is 15.5 Å². The van der Waals surface area contributed by atoms with Crippen LogP contribution in [0.2, 0.25) is 0 Å². The molecule has 1 spiro atoms. The minimum Gasteiger partial charge on any atom is -0.497 e. The number of hydrogen-bond donors (Lipinski definition) is 2. The van der Waals surface area contributed by atoms with Gasteiger partial charge in [0, 0.05) is 48.7 Å². The van der Waals surface area contributed by atoms with E-state index in [0.717, 1.165) is 31.4 Å². The van der Waals surface area contributed by atoms with Crippen LogP contribution in [0.1, 0.15) is 44.9 Å². The quantitative estimate of drug-likeness (QED) is 0.544. The number of nitrogens with zero attached hydrogens (tertiary/aromatic N) is 3. The van der Waals surface area contributed by atoms with Crippen molar-refractivity contribution in [3.8, 4) is 11.5 Å². The van der Waals surface area contributed by atoms with Gasteiger partial charge in [-0.15, -0.1) is 0 Å². The predicted molar refractivity (Wildman–Crippen MR) is 153 cm³/mol. The lowest BCUT2D eigenvalue weighted by molar-refractivity contribution is -0.137. The maximum Gasteiger partial charge on any atom is 0.321 e. The second-order valence-corrected chi connectivity index (χ2v) is 10.9. The van der Waals surface area contributed by atoms with Crippen molar-refractivity contribution in [1.82, 2.24) is 15.1 Å². The van der Waals surface area contributed by atoms with E-state index >= 15 is 0 Å². The van der Waals surface area contributed by atoms with E-state index in [0.29, 0.717) is 49.8 Å². The Morgan fingerprint density at radius 1 is 0.950 bits per heavy atom. The van der Waals surface area contributed by atoms with Crippen molar-refractivity contribution in [1.29, 1.82) is 0 Å². The Labute approximate surface area is 235 Å². The zero-order chi connectivity index (χ0) is 28.1. The standard InChI is InChI=1S/C30H39N5O5/c1-39-25-17-23(18-26(19-25)40-2)32-29(38)33-15-13-30(14-16-33)28(37)34(21-35(30)24-11-7-4-8-12-24)20-27(36)31-22-9-5-3-6-10-22/h4,7-8,11-12,17-19,22H,3,5-6,9-10,13-16,20-21H2,1-2H3,(H,31,36)(H,32,38). The van der Waals surface area contributed by atoms with Crippen molar-refractivity contribution in [2.45, 2.75) is 56.5 Å². The van der Waals surface area contributed by atoms with E-state index in [9.17, 15) is 14.4 Å². The summed E-state index contributed by atoms with van der Waals surface area (Å²) in [6, 6.07) is 15.0. The smallest absolute Gasteiger partial charge is 0.321 e. The van der Waals surface area contributed by atoms with Crippen LogP contribution in [0.15, 0.2) is 48.5 Å². The van der Waals surface area contributed by atoms with Crippen molar-refractivity contribution in [2.75, 3.05) is 50.7 Å². The summed E-state index contributed by atoms with van der Waals surface area (Å²) in [5.74, 6) is 1.01. The first-order valence-corrected chi connectivity index (χ1v) is 14.1. The molecule has 5 rings (SSSR count). The van der Waals surface area contributed by atoms with Gasteiger partial charge in [0.05, 0.1) is 20.9 Å². The van der Waals surface area contributed by atoms with Gasteiger partial charge in [-0.3, -0.25) is 9.59 Å². The minimum absolute atomic E-state index is 0.0439. The van der Waals surface area contributed by atoms with Crippen LogP contribution < -0.4 is 25.0 Å². The molecule has 2 aliphatic heterocycles. The average molecular weight is 550 g/mol. The summed E-state index contributed by atoms with van der Waals surface area (Å²) in [6.45, 7) is 1.20. The molecule has 3 fully saturated rings. The third kappa shape index (κ3) is 5.80. The molecule has 214 valence electrons. The molecule has 10 nitrogen and oxygen atoms in total. The maximum absolute atomic E-state index is 14.0. The SMILES string of the molecule is COc1cc(NC(=O)N2CCC3(CC2)C(=O)N(CC(=O)NC2CCCCC2)CN3c2ccccc2)cc(OC)c1. The molecule has 2 saturated heterocycles. The van der Waals surface area contributed by atoms with E-state index in [1.807, 2.05) is 30.3 Å². The van der Waals surface area contributed by atoms with Crippen molar-refractivity contribution in [3.63, 3.8) is 0 Å². The average Bonchev–Trinajstić information content (AvgIpc) is 3.24. The number of methoxy groups -OCH3 is 2. The molecule has 2 aromatic carbocycles. The van der Waals surface area contributed by atoms with Crippen LogP contribution in [0.3, 0.4) is 0 Å². The Morgan fingerprint density at radius 2 is 1.60 bits per heavy atom. The maximum atomic E-state index is 14.0. The van der Waals surface area contributed by atoms with Gasteiger partial charge >= 0.3 is 6.03 Å². The third-order valence-corrected chi connectivity index (χ3v) is 8.37. The summed E-state index contributed by atoms with van der Waals surface area (Å²) in [4.78, 5) is 45.6. The first-order valence-electron chi connectivity index (χ1n) is 14.1. The number of hydrogen-bond acceptors (Lipinski definition) is 6. The van der Waals surface area contributed by atoms with E-state index in [4.69, 9.17) is 9.47 Å². The van der Waals surface area contributed by atoms with Gasteiger partial charge in [-0.2, -0.15) is 0 Å². The molecular weight excluding hydrogens is 510 g/mol.